The van der Waals surface area contributed by atoms with Gasteiger partial charge in [0.2, 0.25) is 5.91 Å². The lowest BCUT2D eigenvalue weighted by molar-refractivity contribution is -0.117. The van der Waals surface area contributed by atoms with Crippen LogP contribution >= 0.6 is 0 Å². The Bertz CT molecular complexity index is 693. The maximum atomic E-state index is 12.4. The van der Waals surface area contributed by atoms with Gasteiger partial charge in [0, 0.05) is 37.7 Å². The molecule has 118 valence electrons. The van der Waals surface area contributed by atoms with Gasteiger partial charge in [0.15, 0.2) is 0 Å². The average molecular weight is 309 g/mol. The molecule has 2 saturated heterocycles. The molecule has 6 heteroatoms. The van der Waals surface area contributed by atoms with Crippen molar-refractivity contribution in [1.29, 1.82) is 0 Å². The molecule has 0 N–H and O–H groups in total. The molecule has 4 rings (SSSR count). The smallest absolute Gasteiger partial charge is 0.227 e. The van der Waals surface area contributed by atoms with Gasteiger partial charge in [0.1, 0.15) is 6.33 Å². The molecule has 1 spiro atoms. The van der Waals surface area contributed by atoms with Crippen LogP contribution in [0.15, 0.2) is 43.1 Å². The molecule has 0 radical (unpaired) electrons. The molecule has 6 nitrogen and oxygen atoms in total. The molecule has 2 aromatic rings. The minimum atomic E-state index is 0.0572. The molecule has 2 fully saturated rings. The van der Waals surface area contributed by atoms with Crippen molar-refractivity contribution in [2.75, 3.05) is 24.5 Å². The van der Waals surface area contributed by atoms with Crippen LogP contribution in [0.1, 0.15) is 18.5 Å². The van der Waals surface area contributed by atoms with Crippen molar-refractivity contribution >= 4 is 11.6 Å². The molecule has 1 atom stereocenters. The second kappa shape index (κ2) is 5.70. The van der Waals surface area contributed by atoms with E-state index in [2.05, 4.69) is 25.9 Å². The zero-order valence-electron chi connectivity index (χ0n) is 12.9. The van der Waals surface area contributed by atoms with E-state index in [4.69, 9.17) is 0 Å². The number of carbonyl (C=O) groups is 1. The summed E-state index contributed by atoms with van der Waals surface area (Å²) in [5.41, 5.74) is 1.95. The standard InChI is InChI=1S/C17H19N5O/c23-16-7-17(12-22(16)15-8-18-13-19-9-15)4-6-21(11-17)10-14-3-1-2-5-20-14/h1-3,5,8-9,13H,4,6-7,10-12H2/t17-/m0/s1. The summed E-state index contributed by atoms with van der Waals surface area (Å²) in [7, 11) is 0. The van der Waals surface area contributed by atoms with Gasteiger partial charge in [-0.25, -0.2) is 9.97 Å². The summed E-state index contributed by atoms with van der Waals surface area (Å²) < 4.78 is 0. The molecule has 1 amide bonds. The number of hydrogen-bond acceptors (Lipinski definition) is 5. The first-order valence-electron chi connectivity index (χ1n) is 7.92. The molecule has 0 bridgehead atoms. The van der Waals surface area contributed by atoms with E-state index >= 15 is 0 Å². The van der Waals surface area contributed by atoms with E-state index in [9.17, 15) is 4.79 Å². The molecule has 2 aromatic heterocycles. The first kappa shape index (κ1) is 14.3. The number of pyridine rings is 1. The second-order valence-electron chi connectivity index (χ2n) is 6.54. The maximum Gasteiger partial charge on any atom is 0.227 e. The van der Waals surface area contributed by atoms with Gasteiger partial charge in [0.25, 0.3) is 0 Å². The predicted molar refractivity (Wildman–Crippen MR) is 85.6 cm³/mol. The zero-order chi connectivity index (χ0) is 15.7. The lowest BCUT2D eigenvalue weighted by Crippen LogP contribution is -2.31. The average Bonchev–Trinajstić information content (AvgIpc) is 3.12. The highest BCUT2D eigenvalue weighted by molar-refractivity contribution is 5.96. The Morgan fingerprint density at radius 2 is 2.04 bits per heavy atom. The van der Waals surface area contributed by atoms with Crippen LogP contribution in [0.2, 0.25) is 0 Å². The Hall–Kier alpha value is -2.34. The first-order chi connectivity index (χ1) is 11.2. The number of amides is 1. The third-order valence-corrected chi connectivity index (χ3v) is 4.81. The molecule has 0 aromatic carbocycles. The first-order valence-corrected chi connectivity index (χ1v) is 7.92. The molecule has 0 aliphatic carbocycles. The lowest BCUT2D eigenvalue weighted by atomic mass is 9.86. The number of carbonyl (C=O) groups excluding carboxylic acids is 1. The van der Waals surface area contributed by atoms with Crippen LogP contribution in [-0.4, -0.2) is 45.4 Å². The number of likely N-dealkylation sites (tertiary alicyclic amines) is 1. The minimum Gasteiger partial charge on any atom is -0.309 e. The van der Waals surface area contributed by atoms with Crippen molar-refractivity contribution in [3.05, 3.63) is 48.8 Å². The van der Waals surface area contributed by atoms with Crippen LogP contribution in [0.3, 0.4) is 0 Å². The third-order valence-electron chi connectivity index (χ3n) is 4.81. The van der Waals surface area contributed by atoms with Gasteiger partial charge in [0.05, 0.1) is 23.8 Å². The van der Waals surface area contributed by atoms with Gasteiger partial charge in [-0.3, -0.25) is 14.7 Å². The van der Waals surface area contributed by atoms with E-state index in [0.29, 0.717) is 6.42 Å². The van der Waals surface area contributed by atoms with Crippen molar-refractivity contribution in [2.45, 2.75) is 19.4 Å². The van der Waals surface area contributed by atoms with E-state index < -0.39 is 0 Å². The van der Waals surface area contributed by atoms with Crippen molar-refractivity contribution < 1.29 is 4.79 Å². The SMILES string of the molecule is O=C1C[C@]2(CCN(Cc3ccccn3)C2)CN1c1cncnc1. The second-order valence-corrected chi connectivity index (χ2v) is 6.54. The Balaban J connectivity index is 1.45. The predicted octanol–water partition coefficient (Wildman–Crippen LogP) is 1.50. The number of rotatable bonds is 3. The number of hydrogen-bond donors (Lipinski definition) is 0. The van der Waals surface area contributed by atoms with Crippen LogP contribution < -0.4 is 4.90 Å². The Labute approximate surface area is 135 Å². The van der Waals surface area contributed by atoms with Crippen molar-refractivity contribution in [2.24, 2.45) is 5.41 Å². The highest BCUT2D eigenvalue weighted by Crippen LogP contribution is 2.41. The molecule has 2 aliphatic heterocycles. The summed E-state index contributed by atoms with van der Waals surface area (Å²) in [5.74, 6) is 0.180. The topological polar surface area (TPSA) is 62.2 Å². The van der Waals surface area contributed by atoms with Gasteiger partial charge in [-0.2, -0.15) is 0 Å². The van der Waals surface area contributed by atoms with Crippen LogP contribution in [0.5, 0.6) is 0 Å². The maximum absolute atomic E-state index is 12.4. The fourth-order valence-electron chi connectivity index (χ4n) is 3.72. The van der Waals surface area contributed by atoms with Crippen molar-refractivity contribution in [3.63, 3.8) is 0 Å². The van der Waals surface area contributed by atoms with Gasteiger partial charge in [-0.15, -0.1) is 0 Å². The van der Waals surface area contributed by atoms with Gasteiger partial charge in [-0.1, -0.05) is 6.07 Å². The summed E-state index contributed by atoms with van der Waals surface area (Å²) in [6, 6.07) is 6.01. The van der Waals surface area contributed by atoms with E-state index in [1.54, 1.807) is 12.4 Å². The van der Waals surface area contributed by atoms with Crippen LogP contribution in [0.4, 0.5) is 5.69 Å². The zero-order valence-corrected chi connectivity index (χ0v) is 12.9. The summed E-state index contributed by atoms with van der Waals surface area (Å²) in [4.78, 5) is 29.1. The normalized spacial score (nSPS) is 24.7. The summed E-state index contributed by atoms with van der Waals surface area (Å²) in [6.45, 7) is 3.58. The van der Waals surface area contributed by atoms with Crippen LogP contribution in [-0.2, 0) is 11.3 Å². The molecule has 23 heavy (non-hydrogen) atoms. The molecular formula is C17H19N5O. The number of anilines is 1. The highest BCUT2D eigenvalue weighted by atomic mass is 16.2. The molecular weight excluding hydrogens is 290 g/mol. The van der Waals surface area contributed by atoms with Crippen LogP contribution in [0.25, 0.3) is 0 Å². The van der Waals surface area contributed by atoms with Crippen molar-refractivity contribution in [1.82, 2.24) is 19.9 Å². The molecule has 2 aliphatic rings. The van der Waals surface area contributed by atoms with E-state index in [1.807, 2.05) is 23.2 Å². The summed E-state index contributed by atoms with van der Waals surface area (Å²) in [6.07, 6.45) is 8.41. The minimum absolute atomic E-state index is 0.0572. The van der Waals surface area contributed by atoms with Gasteiger partial charge in [-0.05, 0) is 25.1 Å². The largest absolute Gasteiger partial charge is 0.309 e. The fraction of sp³-hybridized carbons (Fsp3) is 0.412. The Morgan fingerprint density at radius 1 is 1.17 bits per heavy atom. The summed E-state index contributed by atoms with van der Waals surface area (Å²) in [5, 5.41) is 0. The van der Waals surface area contributed by atoms with Gasteiger partial charge >= 0.3 is 0 Å². The molecule has 0 unspecified atom stereocenters. The summed E-state index contributed by atoms with van der Waals surface area (Å²) >= 11 is 0. The Morgan fingerprint density at radius 3 is 2.83 bits per heavy atom. The lowest BCUT2D eigenvalue weighted by Gasteiger charge is -2.24. The fourth-order valence-corrected chi connectivity index (χ4v) is 3.72. The number of aromatic nitrogens is 3. The van der Waals surface area contributed by atoms with E-state index in [0.717, 1.165) is 44.0 Å². The van der Waals surface area contributed by atoms with Gasteiger partial charge < -0.3 is 4.90 Å². The highest BCUT2D eigenvalue weighted by Gasteiger charge is 2.47. The molecule has 4 heterocycles. The van der Waals surface area contributed by atoms with Crippen LogP contribution in [0, 0.1) is 5.41 Å². The monoisotopic (exact) mass is 309 g/mol. The van der Waals surface area contributed by atoms with Crippen molar-refractivity contribution in [3.8, 4) is 0 Å². The Kier molecular flexibility index (Phi) is 3.53. The molecule has 0 saturated carbocycles. The quantitative estimate of drug-likeness (QED) is 0.860. The van der Waals surface area contributed by atoms with E-state index in [-0.39, 0.29) is 11.3 Å². The number of nitrogens with zero attached hydrogens (tertiary/aromatic N) is 5. The third kappa shape index (κ3) is 2.82. The van der Waals surface area contributed by atoms with E-state index in [1.165, 1.54) is 6.33 Å².